The molecule has 1 amide bonds. The van der Waals surface area contributed by atoms with Crippen LogP contribution in [0.15, 0.2) is 18.2 Å². The molecular formula is C15H19ClFNO3S. The van der Waals surface area contributed by atoms with E-state index < -0.39 is 26.8 Å². The molecule has 2 rings (SSSR count). The van der Waals surface area contributed by atoms with Gasteiger partial charge < -0.3 is 5.32 Å². The first kappa shape index (κ1) is 17.2. The van der Waals surface area contributed by atoms with E-state index in [9.17, 15) is 17.6 Å². The van der Waals surface area contributed by atoms with Gasteiger partial charge >= 0.3 is 0 Å². The van der Waals surface area contributed by atoms with E-state index in [1.165, 1.54) is 13.0 Å². The van der Waals surface area contributed by atoms with Crippen LogP contribution in [0.4, 0.5) is 4.39 Å². The highest BCUT2D eigenvalue weighted by Crippen LogP contribution is 2.22. The first-order valence-corrected chi connectivity index (χ1v) is 9.35. The fourth-order valence-electron chi connectivity index (χ4n) is 2.53. The largest absolute Gasteiger partial charge is 0.352 e. The highest BCUT2D eigenvalue weighted by atomic mass is 35.5. The van der Waals surface area contributed by atoms with Crippen molar-refractivity contribution in [2.24, 2.45) is 0 Å². The van der Waals surface area contributed by atoms with Crippen LogP contribution in [0.1, 0.15) is 38.2 Å². The smallest absolute Gasteiger partial charge is 0.238 e. The van der Waals surface area contributed by atoms with E-state index in [0.29, 0.717) is 5.56 Å². The number of carbonyl (C=O) groups is 1. The second-order valence-corrected chi connectivity index (χ2v) is 8.40. The topological polar surface area (TPSA) is 63.2 Å². The minimum absolute atomic E-state index is 0.0481. The number of halogens is 2. The molecule has 0 radical (unpaired) electrons. The lowest BCUT2D eigenvalue weighted by atomic mass is 10.2. The predicted octanol–water partition coefficient (Wildman–Crippen LogP) is 2.84. The third kappa shape index (κ3) is 4.20. The van der Waals surface area contributed by atoms with Crippen LogP contribution in [-0.2, 0) is 20.4 Å². The van der Waals surface area contributed by atoms with Gasteiger partial charge in [-0.3, -0.25) is 4.79 Å². The summed E-state index contributed by atoms with van der Waals surface area (Å²) in [5, 5.41) is 1.67. The summed E-state index contributed by atoms with van der Waals surface area (Å²) in [6.07, 6.45) is 3.89. The minimum Gasteiger partial charge on any atom is -0.352 e. The average Bonchev–Trinajstić information content (AvgIpc) is 2.94. The number of hydrogen-bond donors (Lipinski definition) is 1. The van der Waals surface area contributed by atoms with Gasteiger partial charge in [-0.25, -0.2) is 12.8 Å². The molecule has 0 aliphatic heterocycles. The SMILES string of the molecule is C[C@H](C(=O)NC1CCCC1)S(=O)(=O)Cc1ccc(F)cc1Cl. The van der Waals surface area contributed by atoms with Crippen molar-refractivity contribution in [3.8, 4) is 0 Å². The van der Waals surface area contributed by atoms with Crippen LogP contribution in [0.2, 0.25) is 5.02 Å². The first-order valence-electron chi connectivity index (χ1n) is 7.25. The van der Waals surface area contributed by atoms with Crippen molar-refractivity contribution in [2.45, 2.75) is 49.7 Å². The summed E-state index contributed by atoms with van der Waals surface area (Å²) in [4.78, 5) is 12.1. The number of amides is 1. The summed E-state index contributed by atoms with van der Waals surface area (Å²) < 4.78 is 37.7. The molecular weight excluding hydrogens is 329 g/mol. The quantitative estimate of drug-likeness (QED) is 0.890. The summed E-state index contributed by atoms with van der Waals surface area (Å²) >= 11 is 5.85. The lowest BCUT2D eigenvalue weighted by Crippen LogP contribution is -2.42. The van der Waals surface area contributed by atoms with Crippen molar-refractivity contribution in [3.05, 3.63) is 34.6 Å². The number of hydrogen-bond acceptors (Lipinski definition) is 3. The maximum Gasteiger partial charge on any atom is 0.238 e. The molecule has 0 aromatic heterocycles. The lowest BCUT2D eigenvalue weighted by Gasteiger charge is -2.17. The van der Waals surface area contributed by atoms with E-state index in [0.717, 1.165) is 37.8 Å². The van der Waals surface area contributed by atoms with Gasteiger partial charge in [-0.05, 0) is 37.5 Å². The summed E-state index contributed by atoms with van der Waals surface area (Å²) in [6.45, 7) is 1.37. The van der Waals surface area contributed by atoms with E-state index in [1.807, 2.05) is 0 Å². The Balaban J connectivity index is 2.06. The molecule has 1 atom stereocenters. The highest BCUT2D eigenvalue weighted by Gasteiger charge is 2.30. The Hall–Kier alpha value is -1.14. The molecule has 7 heteroatoms. The van der Waals surface area contributed by atoms with Gasteiger partial charge in [0.25, 0.3) is 0 Å². The Kier molecular flexibility index (Phi) is 5.45. The van der Waals surface area contributed by atoms with Crippen molar-refractivity contribution in [3.63, 3.8) is 0 Å². The molecule has 1 N–H and O–H groups in total. The van der Waals surface area contributed by atoms with Gasteiger partial charge in [0.2, 0.25) is 5.91 Å². The van der Waals surface area contributed by atoms with Crippen LogP contribution in [0.25, 0.3) is 0 Å². The summed E-state index contributed by atoms with van der Waals surface area (Å²) in [5.74, 6) is -1.39. The van der Waals surface area contributed by atoms with Gasteiger partial charge in [-0.1, -0.05) is 30.5 Å². The zero-order valence-electron chi connectivity index (χ0n) is 12.3. The summed E-state index contributed by atoms with van der Waals surface area (Å²) in [5.41, 5.74) is 0.295. The molecule has 0 spiro atoms. The Morgan fingerprint density at radius 2 is 2.05 bits per heavy atom. The monoisotopic (exact) mass is 347 g/mol. The van der Waals surface area contributed by atoms with Gasteiger partial charge in [0.15, 0.2) is 9.84 Å². The molecule has 1 aromatic rings. The Bertz CT molecular complexity index is 657. The highest BCUT2D eigenvalue weighted by molar-refractivity contribution is 7.92. The molecule has 1 aliphatic rings. The maximum atomic E-state index is 13.0. The number of benzene rings is 1. The molecule has 0 bridgehead atoms. The van der Waals surface area contributed by atoms with E-state index in [2.05, 4.69) is 5.32 Å². The fraction of sp³-hybridized carbons (Fsp3) is 0.533. The molecule has 1 aromatic carbocycles. The number of nitrogens with one attached hydrogen (secondary N) is 1. The lowest BCUT2D eigenvalue weighted by molar-refractivity contribution is -0.121. The molecule has 0 heterocycles. The van der Waals surface area contributed by atoms with Crippen molar-refractivity contribution < 1.29 is 17.6 Å². The van der Waals surface area contributed by atoms with Crippen LogP contribution < -0.4 is 5.32 Å². The summed E-state index contributed by atoms with van der Waals surface area (Å²) in [6, 6.07) is 3.62. The fourth-order valence-corrected chi connectivity index (χ4v) is 4.17. The van der Waals surface area contributed by atoms with E-state index in [4.69, 9.17) is 11.6 Å². The molecule has 4 nitrogen and oxygen atoms in total. The van der Waals surface area contributed by atoms with Crippen molar-refractivity contribution >= 4 is 27.3 Å². The van der Waals surface area contributed by atoms with Crippen LogP contribution in [0, 0.1) is 5.82 Å². The summed E-state index contributed by atoms with van der Waals surface area (Å²) in [7, 11) is -3.71. The Labute approximate surface area is 135 Å². The van der Waals surface area contributed by atoms with Crippen LogP contribution >= 0.6 is 11.6 Å². The molecule has 122 valence electrons. The van der Waals surface area contributed by atoms with Crippen LogP contribution in [0.3, 0.4) is 0 Å². The van der Waals surface area contributed by atoms with E-state index in [1.54, 1.807) is 0 Å². The Morgan fingerprint density at radius 3 is 2.64 bits per heavy atom. The van der Waals surface area contributed by atoms with Gasteiger partial charge in [0.05, 0.1) is 5.75 Å². The molecule has 0 unspecified atom stereocenters. The van der Waals surface area contributed by atoms with Crippen molar-refractivity contribution in [2.75, 3.05) is 0 Å². The van der Waals surface area contributed by atoms with Crippen molar-refractivity contribution in [1.82, 2.24) is 5.32 Å². The van der Waals surface area contributed by atoms with Crippen LogP contribution in [0.5, 0.6) is 0 Å². The van der Waals surface area contributed by atoms with Gasteiger partial charge in [0.1, 0.15) is 11.1 Å². The van der Waals surface area contributed by atoms with Gasteiger partial charge in [-0.2, -0.15) is 0 Å². The Morgan fingerprint density at radius 1 is 1.41 bits per heavy atom. The van der Waals surface area contributed by atoms with E-state index in [-0.39, 0.29) is 16.8 Å². The van der Waals surface area contributed by atoms with Crippen molar-refractivity contribution in [1.29, 1.82) is 0 Å². The van der Waals surface area contributed by atoms with E-state index >= 15 is 0 Å². The third-order valence-electron chi connectivity index (χ3n) is 3.98. The standard InChI is InChI=1S/C15H19ClFNO3S/c1-10(15(19)18-13-4-2-3-5-13)22(20,21)9-11-6-7-12(17)8-14(11)16/h6-8,10,13H,2-5,9H2,1H3,(H,18,19)/t10-/m1/s1. The zero-order valence-corrected chi connectivity index (χ0v) is 13.9. The third-order valence-corrected chi connectivity index (χ3v) is 6.34. The maximum absolute atomic E-state index is 13.0. The number of sulfone groups is 1. The second-order valence-electron chi connectivity index (χ2n) is 5.68. The van der Waals surface area contributed by atoms with Gasteiger partial charge in [-0.15, -0.1) is 0 Å². The molecule has 1 fully saturated rings. The molecule has 22 heavy (non-hydrogen) atoms. The molecule has 0 saturated heterocycles. The number of rotatable bonds is 5. The molecule has 1 saturated carbocycles. The zero-order chi connectivity index (χ0) is 16.3. The first-order chi connectivity index (χ1) is 10.3. The minimum atomic E-state index is -3.71. The normalized spacial score (nSPS) is 17.4. The number of carbonyl (C=O) groups excluding carboxylic acids is 1. The predicted molar refractivity (Wildman–Crippen MR) is 83.9 cm³/mol. The average molecular weight is 348 g/mol. The van der Waals surface area contributed by atoms with Crippen LogP contribution in [-0.4, -0.2) is 25.6 Å². The molecule has 1 aliphatic carbocycles. The second kappa shape index (κ2) is 6.96. The van der Waals surface area contributed by atoms with Gasteiger partial charge in [0, 0.05) is 11.1 Å².